The molecule has 0 radical (unpaired) electrons. The maximum absolute atomic E-state index is 11.2. The van der Waals surface area contributed by atoms with Crippen LogP contribution in [0.4, 0.5) is 0 Å². The number of carbonyl (C=O) groups is 1. The van der Waals surface area contributed by atoms with E-state index in [2.05, 4.69) is 36.7 Å². The summed E-state index contributed by atoms with van der Waals surface area (Å²) < 4.78 is 4.74. The summed E-state index contributed by atoms with van der Waals surface area (Å²) in [6.07, 6.45) is 15.7. The first-order chi connectivity index (χ1) is 15.2. The van der Waals surface area contributed by atoms with E-state index in [0.29, 0.717) is 6.42 Å². The number of methoxy groups -OCH3 is 1. The molecule has 1 unspecified atom stereocenters. The zero-order chi connectivity index (χ0) is 22.1. The second-order valence-electron chi connectivity index (χ2n) is 9.23. The summed E-state index contributed by atoms with van der Waals surface area (Å²) in [5.74, 6) is 0.742. The van der Waals surface area contributed by atoms with Gasteiger partial charge >= 0.3 is 5.97 Å². The third-order valence-electron chi connectivity index (χ3n) is 7.21. The number of esters is 1. The number of unbranched alkanes of at least 4 members (excludes halogenated alkanes) is 6. The van der Waals surface area contributed by atoms with E-state index < -0.39 is 0 Å². The second-order valence-corrected chi connectivity index (χ2v) is 11.1. The van der Waals surface area contributed by atoms with Gasteiger partial charge in [0.25, 0.3) is 0 Å². The fourth-order valence-electron chi connectivity index (χ4n) is 5.40. The van der Waals surface area contributed by atoms with Crippen molar-refractivity contribution in [2.24, 2.45) is 5.92 Å². The molecule has 2 aromatic rings. The van der Waals surface area contributed by atoms with Crippen LogP contribution in [-0.4, -0.2) is 13.1 Å². The van der Waals surface area contributed by atoms with Crippen molar-refractivity contribution in [3.8, 4) is 9.75 Å². The number of hydrogen-bond donors (Lipinski definition) is 0. The number of fused-ring (bicyclic) bond motifs is 3. The average molecular weight is 461 g/mol. The molecule has 2 heterocycles. The molecule has 1 atom stereocenters. The van der Waals surface area contributed by atoms with Gasteiger partial charge in [-0.3, -0.25) is 4.79 Å². The zero-order valence-corrected chi connectivity index (χ0v) is 21.3. The van der Waals surface area contributed by atoms with Crippen molar-refractivity contribution in [3.05, 3.63) is 34.0 Å². The minimum Gasteiger partial charge on any atom is -0.469 e. The molecule has 0 spiro atoms. The fourth-order valence-corrected chi connectivity index (χ4v) is 7.59. The van der Waals surface area contributed by atoms with Gasteiger partial charge in [-0.1, -0.05) is 71.6 Å². The van der Waals surface area contributed by atoms with Crippen molar-refractivity contribution in [2.45, 2.75) is 103 Å². The van der Waals surface area contributed by atoms with Gasteiger partial charge in [0.05, 0.1) is 7.11 Å². The van der Waals surface area contributed by atoms with Crippen LogP contribution in [0.2, 0.25) is 0 Å². The highest BCUT2D eigenvalue weighted by molar-refractivity contribution is 7.21. The Morgan fingerprint density at radius 3 is 2.13 bits per heavy atom. The van der Waals surface area contributed by atoms with Gasteiger partial charge in [-0.05, 0) is 59.2 Å². The SMILES string of the molecule is CCCCC(CC)CC1(CCCCCCCCC(=O)OC)c2ccsc2-c2sccc21. The van der Waals surface area contributed by atoms with Crippen LogP contribution in [0.25, 0.3) is 9.75 Å². The highest BCUT2D eigenvalue weighted by atomic mass is 32.1. The maximum Gasteiger partial charge on any atom is 0.305 e. The van der Waals surface area contributed by atoms with Gasteiger partial charge in [0.15, 0.2) is 0 Å². The number of ether oxygens (including phenoxy) is 1. The van der Waals surface area contributed by atoms with E-state index in [0.717, 1.165) is 18.8 Å². The van der Waals surface area contributed by atoms with Gasteiger partial charge < -0.3 is 4.74 Å². The fraction of sp³-hybridized carbons (Fsp3) is 0.667. The lowest BCUT2D eigenvalue weighted by molar-refractivity contribution is -0.140. The molecule has 0 bridgehead atoms. The Labute approximate surface area is 197 Å². The minimum absolute atomic E-state index is 0.0742. The molecule has 0 saturated carbocycles. The average Bonchev–Trinajstić information content (AvgIpc) is 3.49. The second kappa shape index (κ2) is 12.2. The maximum atomic E-state index is 11.2. The highest BCUT2D eigenvalue weighted by Crippen LogP contribution is 2.58. The van der Waals surface area contributed by atoms with Crippen LogP contribution < -0.4 is 0 Å². The van der Waals surface area contributed by atoms with Crippen molar-refractivity contribution in [1.82, 2.24) is 0 Å². The van der Waals surface area contributed by atoms with E-state index in [9.17, 15) is 4.79 Å². The first-order valence-electron chi connectivity index (χ1n) is 12.4. The third-order valence-corrected chi connectivity index (χ3v) is 9.20. The van der Waals surface area contributed by atoms with E-state index in [4.69, 9.17) is 4.74 Å². The van der Waals surface area contributed by atoms with E-state index in [1.165, 1.54) is 71.3 Å². The van der Waals surface area contributed by atoms with Crippen molar-refractivity contribution in [3.63, 3.8) is 0 Å². The number of thiophene rings is 2. The van der Waals surface area contributed by atoms with Crippen molar-refractivity contribution in [2.75, 3.05) is 7.11 Å². The van der Waals surface area contributed by atoms with Crippen LogP contribution in [0.5, 0.6) is 0 Å². The molecule has 0 N–H and O–H groups in total. The van der Waals surface area contributed by atoms with Crippen LogP contribution in [0.15, 0.2) is 22.9 Å². The standard InChI is InChI=1S/C27H40O2S2/c1-4-6-13-21(5-2)20-27(17-12-10-8-7-9-11-14-24(28)29-3)22-15-18-30-25(22)26-23(27)16-19-31-26/h15-16,18-19,21H,4-14,17,20H2,1-3H3. The van der Waals surface area contributed by atoms with Gasteiger partial charge in [-0.15, -0.1) is 22.7 Å². The van der Waals surface area contributed by atoms with Gasteiger partial charge in [-0.2, -0.15) is 0 Å². The molecule has 1 aliphatic rings. The summed E-state index contributed by atoms with van der Waals surface area (Å²) in [7, 11) is 1.48. The van der Waals surface area contributed by atoms with Crippen molar-refractivity contribution < 1.29 is 9.53 Å². The molecule has 0 aromatic carbocycles. The Bertz CT molecular complexity index is 764. The molecule has 0 amide bonds. The van der Waals surface area contributed by atoms with Crippen LogP contribution in [-0.2, 0) is 14.9 Å². The molecule has 0 fully saturated rings. The summed E-state index contributed by atoms with van der Waals surface area (Å²) in [5, 5.41) is 4.63. The Hall–Kier alpha value is -1.13. The van der Waals surface area contributed by atoms with E-state index in [1.807, 2.05) is 22.7 Å². The van der Waals surface area contributed by atoms with Gasteiger partial charge in [-0.25, -0.2) is 0 Å². The van der Waals surface area contributed by atoms with Gasteiger partial charge in [0.2, 0.25) is 0 Å². The minimum atomic E-state index is -0.0742. The quantitative estimate of drug-likeness (QED) is 0.196. The first-order valence-corrected chi connectivity index (χ1v) is 14.1. The van der Waals surface area contributed by atoms with E-state index >= 15 is 0 Å². The number of hydrogen-bond acceptors (Lipinski definition) is 4. The number of rotatable bonds is 15. The number of carbonyl (C=O) groups excluding carboxylic acids is 1. The summed E-state index contributed by atoms with van der Waals surface area (Å²) in [6.45, 7) is 4.71. The van der Waals surface area contributed by atoms with Crippen molar-refractivity contribution in [1.29, 1.82) is 0 Å². The van der Waals surface area contributed by atoms with Crippen LogP contribution in [0, 0.1) is 5.92 Å². The van der Waals surface area contributed by atoms with Gasteiger partial charge in [0.1, 0.15) is 0 Å². The smallest absolute Gasteiger partial charge is 0.305 e. The molecule has 0 aliphatic heterocycles. The monoisotopic (exact) mass is 460 g/mol. The Morgan fingerprint density at radius 2 is 1.55 bits per heavy atom. The normalized spacial score (nSPS) is 14.9. The Balaban J connectivity index is 1.62. The Morgan fingerprint density at radius 1 is 0.935 bits per heavy atom. The molecule has 31 heavy (non-hydrogen) atoms. The lowest BCUT2D eigenvalue weighted by atomic mass is 9.68. The van der Waals surface area contributed by atoms with E-state index in [-0.39, 0.29) is 11.4 Å². The largest absolute Gasteiger partial charge is 0.469 e. The molecule has 1 aliphatic carbocycles. The van der Waals surface area contributed by atoms with Crippen LogP contribution >= 0.6 is 22.7 Å². The lowest BCUT2D eigenvalue weighted by Crippen LogP contribution is -2.28. The predicted octanol–water partition coefficient (Wildman–Crippen LogP) is 8.98. The molecule has 0 saturated heterocycles. The van der Waals surface area contributed by atoms with Crippen LogP contribution in [0.3, 0.4) is 0 Å². The van der Waals surface area contributed by atoms with E-state index in [1.54, 1.807) is 20.9 Å². The van der Waals surface area contributed by atoms with Crippen LogP contribution in [0.1, 0.15) is 108 Å². The molecular formula is C27H40O2S2. The summed E-state index contributed by atoms with van der Waals surface area (Å²) in [6, 6.07) is 4.87. The van der Waals surface area contributed by atoms with Crippen molar-refractivity contribution >= 4 is 28.6 Å². The molecule has 172 valence electrons. The summed E-state index contributed by atoms with van der Waals surface area (Å²) in [5.41, 5.74) is 3.50. The molecular weight excluding hydrogens is 420 g/mol. The molecule has 4 heteroatoms. The molecule has 2 nitrogen and oxygen atoms in total. The first kappa shape index (κ1) is 24.5. The lowest BCUT2D eigenvalue weighted by Gasteiger charge is -2.35. The predicted molar refractivity (Wildman–Crippen MR) is 135 cm³/mol. The molecule has 2 aromatic heterocycles. The summed E-state index contributed by atoms with van der Waals surface area (Å²) >= 11 is 3.89. The molecule has 3 rings (SSSR count). The highest BCUT2D eigenvalue weighted by Gasteiger charge is 2.45. The third kappa shape index (κ3) is 5.82. The summed E-state index contributed by atoms with van der Waals surface area (Å²) in [4.78, 5) is 14.4. The zero-order valence-electron chi connectivity index (χ0n) is 19.7. The topological polar surface area (TPSA) is 26.3 Å². The van der Waals surface area contributed by atoms with Gasteiger partial charge in [0, 0.05) is 21.6 Å². The Kier molecular flexibility index (Phi) is 9.65.